The number of epoxide rings is 1. The zero-order chi connectivity index (χ0) is 13.8. The third-order valence-corrected chi connectivity index (χ3v) is 2.82. The number of methoxy groups -OCH3 is 3. The summed E-state index contributed by atoms with van der Waals surface area (Å²) in [4.78, 5) is 12.0. The summed E-state index contributed by atoms with van der Waals surface area (Å²) >= 11 is 0. The Hall–Kier alpha value is -1.95. The molecule has 0 radical (unpaired) electrons. The predicted octanol–water partition coefficient (Wildman–Crippen LogP) is 0.841. The fraction of sp³-hybridized carbons (Fsp3) is 0.462. The third kappa shape index (κ3) is 3.08. The minimum Gasteiger partial charge on any atom is -0.493 e. The minimum atomic E-state index is -0.199. The molecule has 6 nitrogen and oxygen atoms in total. The van der Waals surface area contributed by atoms with E-state index in [-0.39, 0.29) is 12.0 Å². The summed E-state index contributed by atoms with van der Waals surface area (Å²) in [6, 6.07) is 3.23. The van der Waals surface area contributed by atoms with Gasteiger partial charge in [0, 0.05) is 12.1 Å². The van der Waals surface area contributed by atoms with Crippen LogP contribution in [0.4, 0.5) is 0 Å². The zero-order valence-electron chi connectivity index (χ0n) is 11.2. The average Bonchev–Trinajstić information content (AvgIpc) is 3.27. The van der Waals surface area contributed by atoms with Crippen LogP contribution in [0.2, 0.25) is 0 Å². The van der Waals surface area contributed by atoms with Gasteiger partial charge in [0.15, 0.2) is 11.5 Å². The highest BCUT2D eigenvalue weighted by Gasteiger charge is 2.23. The number of carbonyl (C=O) groups is 1. The lowest BCUT2D eigenvalue weighted by molar-refractivity contribution is 0.0949. The average molecular weight is 267 g/mol. The summed E-state index contributed by atoms with van der Waals surface area (Å²) in [5.74, 6) is 1.17. The van der Waals surface area contributed by atoms with Crippen LogP contribution >= 0.6 is 0 Å². The van der Waals surface area contributed by atoms with Crippen molar-refractivity contribution in [1.82, 2.24) is 5.32 Å². The van der Waals surface area contributed by atoms with Gasteiger partial charge in [-0.05, 0) is 12.1 Å². The molecule has 0 spiro atoms. The van der Waals surface area contributed by atoms with Crippen molar-refractivity contribution in [3.63, 3.8) is 0 Å². The monoisotopic (exact) mass is 267 g/mol. The van der Waals surface area contributed by atoms with E-state index in [9.17, 15) is 4.79 Å². The van der Waals surface area contributed by atoms with E-state index >= 15 is 0 Å². The van der Waals surface area contributed by atoms with Crippen LogP contribution in [0.25, 0.3) is 0 Å². The van der Waals surface area contributed by atoms with Gasteiger partial charge in [-0.3, -0.25) is 4.79 Å². The topological polar surface area (TPSA) is 69.3 Å². The Labute approximate surface area is 111 Å². The lowest BCUT2D eigenvalue weighted by atomic mass is 10.1. The van der Waals surface area contributed by atoms with Gasteiger partial charge in [-0.15, -0.1) is 0 Å². The summed E-state index contributed by atoms with van der Waals surface area (Å²) in [6.07, 6.45) is 0.144. The number of rotatable bonds is 6. The first-order chi connectivity index (χ1) is 9.19. The van der Waals surface area contributed by atoms with Gasteiger partial charge in [0.05, 0.1) is 34.0 Å². The van der Waals surface area contributed by atoms with Crippen LogP contribution in [0.3, 0.4) is 0 Å². The van der Waals surface area contributed by atoms with Gasteiger partial charge in [-0.2, -0.15) is 0 Å². The number of carbonyl (C=O) groups excluding carboxylic acids is 1. The number of hydrogen-bond donors (Lipinski definition) is 1. The third-order valence-electron chi connectivity index (χ3n) is 2.82. The molecule has 1 aliphatic heterocycles. The Morgan fingerprint density at radius 3 is 2.26 bits per heavy atom. The summed E-state index contributed by atoms with van der Waals surface area (Å²) in [7, 11) is 4.54. The number of ether oxygens (including phenoxy) is 4. The minimum absolute atomic E-state index is 0.144. The molecule has 1 saturated heterocycles. The molecular formula is C13H17NO5. The summed E-state index contributed by atoms with van der Waals surface area (Å²) in [5, 5.41) is 2.79. The van der Waals surface area contributed by atoms with Gasteiger partial charge in [0.25, 0.3) is 5.91 Å². The maximum absolute atomic E-state index is 12.0. The van der Waals surface area contributed by atoms with E-state index in [4.69, 9.17) is 18.9 Å². The lowest BCUT2D eigenvalue weighted by Gasteiger charge is -2.13. The van der Waals surface area contributed by atoms with Gasteiger partial charge in [0.2, 0.25) is 5.75 Å². The highest BCUT2D eigenvalue weighted by molar-refractivity contribution is 5.95. The maximum Gasteiger partial charge on any atom is 0.251 e. The van der Waals surface area contributed by atoms with Crippen LogP contribution < -0.4 is 19.5 Å². The van der Waals surface area contributed by atoms with Crippen LogP contribution in [0.1, 0.15) is 10.4 Å². The van der Waals surface area contributed by atoms with Crippen molar-refractivity contribution in [3.05, 3.63) is 17.7 Å². The molecule has 1 aromatic carbocycles. The van der Waals surface area contributed by atoms with Gasteiger partial charge in [0.1, 0.15) is 0 Å². The first-order valence-electron chi connectivity index (χ1n) is 5.89. The van der Waals surface area contributed by atoms with Crippen molar-refractivity contribution in [2.75, 3.05) is 34.5 Å². The van der Waals surface area contributed by atoms with Gasteiger partial charge in [-0.25, -0.2) is 0 Å². The maximum atomic E-state index is 12.0. The molecule has 2 rings (SSSR count). The van der Waals surface area contributed by atoms with E-state index in [0.29, 0.717) is 36.0 Å². The van der Waals surface area contributed by atoms with E-state index < -0.39 is 0 Å². The molecule has 1 atom stereocenters. The van der Waals surface area contributed by atoms with Gasteiger partial charge < -0.3 is 24.3 Å². The van der Waals surface area contributed by atoms with Crippen LogP contribution in [0.5, 0.6) is 17.2 Å². The standard InChI is InChI=1S/C13H17NO5/c1-16-10-4-8(5-11(17-2)12(10)18-3)13(15)14-6-9-7-19-9/h4-5,9H,6-7H2,1-3H3,(H,14,15). The van der Waals surface area contributed by atoms with E-state index in [0.717, 1.165) is 0 Å². The molecule has 1 aromatic rings. The second-order valence-corrected chi connectivity index (χ2v) is 4.08. The molecule has 0 bridgehead atoms. The summed E-state index contributed by atoms with van der Waals surface area (Å²) in [6.45, 7) is 1.21. The van der Waals surface area contributed by atoms with Crippen LogP contribution in [-0.2, 0) is 4.74 Å². The molecule has 0 aliphatic carbocycles. The van der Waals surface area contributed by atoms with Crippen molar-refractivity contribution in [2.45, 2.75) is 6.10 Å². The highest BCUT2D eigenvalue weighted by atomic mass is 16.6. The summed E-state index contributed by atoms with van der Waals surface area (Å²) in [5.41, 5.74) is 0.454. The van der Waals surface area contributed by atoms with Gasteiger partial charge >= 0.3 is 0 Å². The van der Waals surface area contributed by atoms with Crippen LogP contribution in [-0.4, -0.2) is 46.5 Å². The van der Waals surface area contributed by atoms with E-state index in [1.54, 1.807) is 12.1 Å². The smallest absolute Gasteiger partial charge is 0.251 e. The molecule has 6 heteroatoms. The molecule has 19 heavy (non-hydrogen) atoms. The lowest BCUT2D eigenvalue weighted by Crippen LogP contribution is -2.27. The molecule has 0 saturated carbocycles. The second-order valence-electron chi connectivity index (χ2n) is 4.08. The molecule has 1 heterocycles. The largest absolute Gasteiger partial charge is 0.493 e. The molecule has 1 amide bonds. The fourth-order valence-corrected chi connectivity index (χ4v) is 1.71. The Morgan fingerprint density at radius 1 is 1.26 bits per heavy atom. The van der Waals surface area contributed by atoms with E-state index in [1.165, 1.54) is 21.3 Å². The van der Waals surface area contributed by atoms with E-state index in [1.807, 2.05) is 0 Å². The zero-order valence-corrected chi connectivity index (χ0v) is 11.2. The predicted molar refractivity (Wildman–Crippen MR) is 68.2 cm³/mol. The number of benzene rings is 1. The van der Waals surface area contributed by atoms with Crippen molar-refractivity contribution in [3.8, 4) is 17.2 Å². The second kappa shape index (κ2) is 5.79. The van der Waals surface area contributed by atoms with Crippen LogP contribution in [0, 0.1) is 0 Å². The Kier molecular flexibility index (Phi) is 4.11. The first kappa shape index (κ1) is 13.5. The number of amides is 1. The van der Waals surface area contributed by atoms with Crippen molar-refractivity contribution < 1.29 is 23.7 Å². The molecule has 1 fully saturated rings. The molecular weight excluding hydrogens is 250 g/mol. The Bertz CT molecular complexity index is 445. The molecule has 1 unspecified atom stereocenters. The molecule has 0 aromatic heterocycles. The van der Waals surface area contributed by atoms with Crippen molar-refractivity contribution in [2.24, 2.45) is 0 Å². The quantitative estimate of drug-likeness (QED) is 0.773. The van der Waals surface area contributed by atoms with Crippen molar-refractivity contribution in [1.29, 1.82) is 0 Å². The SMILES string of the molecule is COc1cc(C(=O)NCC2CO2)cc(OC)c1OC. The normalized spacial score (nSPS) is 16.7. The Balaban J connectivity index is 2.21. The summed E-state index contributed by atoms with van der Waals surface area (Å²) < 4.78 is 20.6. The van der Waals surface area contributed by atoms with E-state index in [2.05, 4.69) is 5.32 Å². The fourth-order valence-electron chi connectivity index (χ4n) is 1.71. The molecule has 1 N–H and O–H groups in total. The highest BCUT2D eigenvalue weighted by Crippen LogP contribution is 2.38. The molecule has 1 aliphatic rings. The number of hydrogen-bond acceptors (Lipinski definition) is 5. The Morgan fingerprint density at radius 2 is 1.84 bits per heavy atom. The molecule has 104 valence electrons. The van der Waals surface area contributed by atoms with Gasteiger partial charge in [-0.1, -0.05) is 0 Å². The number of nitrogens with one attached hydrogen (secondary N) is 1. The van der Waals surface area contributed by atoms with Crippen molar-refractivity contribution >= 4 is 5.91 Å². The first-order valence-corrected chi connectivity index (χ1v) is 5.89. The van der Waals surface area contributed by atoms with Crippen LogP contribution in [0.15, 0.2) is 12.1 Å².